The Morgan fingerprint density at radius 3 is 2.70 bits per heavy atom. The lowest BCUT2D eigenvalue weighted by atomic mass is 10.1. The maximum atomic E-state index is 12.6. The van der Waals surface area contributed by atoms with E-state index in [1.807, 2.05) is 32.0 Å². The van der Waals surface area contributed by atoms with E-state index in [0.717, 1.165) is 11.1 Å². The molecule has 0 atom stereocenters. The average Bonchev–Trinajstić information content (AvgIpc) is 2.51. The third-order valence-electron chi connectivity index (χ3n) is 3.77. The number of nitrogens with one attached hydrogen (secondary N) is 2. The van der Waals surface area contributed by atoms with Crippen molar-refractivity contribution in [3.05, 3.63) is 74.5 Å². The maximum absolute atomic E-state index is 12.6. The molecule has 0 saturated heterocycles. The predicted molar refractivity (Wildman–Crippen MR) is 93.4 cm³/mol. The topological polar surface area (TPSA) is 62.0 Å². The summed E-state index contributed by atoms with van der Waals surface area (Å²) in [5.74, 6) is -0.439. The van der Waals surface area contributed by atoms with Crippen LogP contribution in [0, 0.1) is 13.8 Å². The SMILES string of the molecule is Cc1cccc(NC(=O)c2c[nH]c3c(C)c(Cl)ccc3c2=O)c1. The molecule has 2 N–H and O–H groups in total. The highest BCUT2D eigenvalue weighted by atomic mass is 35.5. The third kappa shape index (κ3) is 2.85. The quantitative estimate of drug-likeness (QED) is 0.746. The van der Waals surface area contributed by atoms with Crippen molar-refractivity contribution in [1.82, 2.24) is 4.98 Å². The van der Waals surface area contributed by atoms with Gasteiger partial charge in [0.1, 0.15) is 5.56 Å². The summed E-state index contributed by atoms with van der Waals surface area (Å²) in [6, 6.07) is 10.7. The summed E-state index contributed by atoms with van der Waals surface area (Å²) in [4.78, 5) is 28.0. The van der Waals surface area contributed by atoms with Gasteiger partial charge in [-0.05, 0) is 49.2 Å². The van der Waals surface area contributed by atoms with E-state index in [0.29, 0.717) is 21.6 Å². The number of carbonyl (C=O) groups excluding carboxylic acids is 1. The maximum Gasteiger partial charge on any atom is 0.261 e. The fourth-order valence-electron chi connectivity index (χ4n) is 2.51. The largest absolute Gasteiger partial charge is 0.360 e. The zero-order valence-corrected chi connectivity index (χ0v) is 13.5. The van der Waals surface area contributed by atoms with Crippen molar-refractivity contribution in [3.8, 4) is 0 Å². The number of carbonyl (C=O) groups is 1. The molecule has 0 radical (unpaired) electrons. The first kappa shape index (κ1) is 15.3. The number of H-pyrrole nitrogens is 1. The average molecular weight is 327 g/mol. The van der Waals surface area contributed by atoms with Crippen molar-refractivity contribution < 1.29 is 4.79 Å². The van der Waals surface area contributed by atoms with E-state index in [-0.39, 0.29) is 11.0 Å². The Morgan fingerprint density at radius 1 is 1.17 bits per heavy atom. The van der Waals surface area contributed by atoms with Gasteiger partial charge in [-0.2, -0.15) is 0 Å². The van der Waals surface area contributed by atoms with Crippen LogP contribution in [0.15, 0.2) is 47.4 Å². The summed E-state index contributed by atoms with van der Waals surface area (Å²) in [6.07, 6.45) is 1.43. The molecule has 1 amide bonds. The van der Waals surface area contributed by atoms with E-state index in [4.69, 9.17) is 11.6 Å². The van der Waals surface area contributed by atoms with E-state index < -0.39 is 5.91 Å². The molecule has 4 nitrogen and oxygen atoms in total. The second-order valence-corrected chi connectivity index (χ2v) is 5.86. The van der Waals surface area contributed by atoms with Gasteiger partial charge in [-0.25, -0.2) is 0 Å². The fourth-order valence-corrected chi connectivity index (χ4v) is 2.66. The number of halogens is 1. The van der Waals surface area contributed by atoms with Crippen molar-refractivity contribution in [2.45, 2.75) is 13.8 Å². The molecule has 116 valence electrons. The van der Waals surface area contributed by atoms with Crippen LogP contribution in [0.3, 0.4) is 0 Å². The van der Waals surface area contributed by atoms with Gasteiger partial charge in [0.05, 0.1) is 5.52 Å². The number of rotatable bonds is 2. The summed E-state index contributed by atoms with van der Waals surface area (Å²) < 4.78 is 0. The van der Waals surface area contributed by atoms with E-state index >= 15 is 0 Å². The molecule has 0 aliphatic heterocycles. The van der Waals surface area contributed by atoms with Crippen molar-refractivity contribution >= 4 is 34.1 Å². The molecule has 0 fully saturated rings. The summed E-state index contributed by atoms with van der Waals surface area (Å²) in [5.41, 5.74) is 2.87. The van der Waals surface area contributed by atoms with E-state index in [2.05, 4.69) is 10.3 Å². The first-order valence-corrected chi connectivity index (χ1v) is 7.53. The molecule has 3 rings (SSSR count). The lowest BCUT2D eigenvalue weighted by molar-refractivity contribution is 0.102. The molecular weight excluding hydrogens is 312 g/mol. The summed E-state index contributed by atoms with van der Waals surface area (Å²) in [6.45, 7) is 3.76. The van der Waals surface area contributed by atoms with Crippen LogP contribution < -0.4 is 10.7 Å². The van der Waals surface area contributed by atoms with Crippen LogP contribution >= 0.6 is 11.6 Å². The molecule has 0 spiro atoms. The van der Waals surface area contributed by atoms with Gasteiger partial charge in [0.2, 0.25) is 5.43 Å². The molecule has 2 aromatic carbocycles. The molecule has 0 bridgehead atoms. The van der Waals surface area contributed by atoms with Gasteiger partial charge in [0, 0.05) is 22.3 Å². The molecular formula is C18H15ClN2O2. The Bertz CT molecular complexity index is 976. The smallest absolute Gasteiger partial charge is 0.261 e. The number of hydrogen-bond donors (Lipinski definition) is 2. The van der Waals surface area contributed by atoms with Crippen LogP contribution in [0.1, 0.15) is 21.5 Å². The second kappa shape index (κ2) is 5.89. The fraction of sp³-hybridized carbons (Fsp3) is 0.111. The van der Waals surface area contributed by atoms with Gasteiger partial charge < -0.3 is 10.3 Å². The Hall–Kier alpha value is -2.59. The minimum Gasteiger partial charge on any atom is -0.360 e. The number of fused-ring (bicyclic) bond motifs is 1. The second-order valence-electron chi connectivity index (χ2n) is 5.45. The number of pyridine rings is 1. The first-order valence-electron chi connectivity index (χ1n) is 7.16. The standard InChI is InChI=1S/C18H15ClN2O2/c1-10-4-3-5-12(8-10)21-18(23)14-9-20-16-11(2)15(19)7-6-13(16)17(14)22/h3-9H,1-2H3,(H,20,22)(H,21,23). The van der Waals surface area contributed by atoms with Crippen molar-refractivity contribution in [3.63, 3.8) is 0 Å². The van der Waals surface area contributed by atoms with Crippen LogP contribution in [0.5, 0.6) is 0 Å². The molecule has 1 heterocycles. The van der Waals surface area contributed by atoms with Crippen LogP contribution in [-0.4, -0.2) is 10.9 Å². The highest BCUT2D eigenvalue weighted by Gasteiger charge is 2.14. The zero-order valence-electron chi connectivity index (χ0n) is 12.7. The van der Waals surface area contributed by atoms with Crippen molar-refractivity contribution in [1.29, 1.82) is 0 Å². The van der Waals surface area contributed by atoms with E-state index in [1.54, 1.807) is 18.2 Å². The lowest BCUT2D eigenvalue weighted by Crippen LogP contribution is -2.22. The third-order valence-corrected chi connectivity index (χ3v) is 4.18. The van der Waals surface area contributed by atoms with Crippen LogP contribution in [0.4, 0.5) is 5.69 Å². The first-order chi connectivity index (χ1) is 11.0. The van der Waals surface area contributed by atoms with Crippen LogP contribution in [0.2, 0.25) is 5.02 Å². The Balaban J connectivity index is 2.03. The highest BCUT2D eigenvalue weighted by Crippen LogP contribution is 2.22. The molecule has 0 saturated carbocycles. The number of aromatic amines is 1. The normalized spacial score (nSPS) is 10.7. The molecule has 0 unspecified atom stereocenters. The van der Waals surface area contributed by atoms with Gasteiger partial charge in [-0.1, -0.05) is 23.7 Å². The van der Waals surface area contributed by atoms with Crippen LogP contribution in [0.25, 0.3) is 10.9 Å². The lowest BCUT2D eigenvalue weighted by Gasteiger charge is -2.08. The Kier molecular flexibility index (Phi) is 3.92. The van der Waals surface area contributed by atoms with Gasteiger partial charge in [0.15, 0.2) is 0 Å². The van der Waals surface area contributed by atoms with Gasteiger partial charge >= 0.3 is 0 Å². The minimum absolute atomic E-state index is 0.0701. The molecule has 23 heavy (non-hydrogen) atoms. The van der Waals surface area contributed by atoms with E-state index in [1.165, 1.54) is 6.20 Å². The number of anilines is 1. The number of benzene rings is 2. The summed E-state index contributed by atoms with van der Waals surface area (Å²) >= 11 is 6.06. The monoisotopic (exact) mass is 326 g/mol. The Labute approximate surface area is 138 Å². The zero-order chi connectivity index (χ0) is 16.6. The number of amides is 1. The van der Waals surface area contributed by atoms with Gasteiger partial charge in [-0.3, -0.25) is 9.59 Å². The number of hydrogen-bond acceptors (Lipinski definition) is 2. The highest BCUT2D eigenvalue weighted by molar-refractivity contribution is 6.32. The van der Waals surface area contributed by atoms with Crippen LogP contribution in [-0.2, 0) is 0 Å². The van der Waals surface area contributed by atoms with Gasteiger partial charge in [0.25, 0.3) is 5.91 Å². The summed E-state index contributed by atoms with van der Waals surface area (Å²) in [5, 5.41) is 3.77. The van der Waals surface area contributed by atoms with E-state index in [9.17, 15) is 9.59 Å². The minimum atomic E-state index is -0.439. The molecule has 0 aliphatic carbocycles. The number of aromatic nitrogens is 1. The Morgan fingerprint density at radius 2 is 1.96 bits per heavy atom. The predicted octanol–water partition coefficient (Wildman–Crippen LogP) is 4.05. The molecule has 3 aromatic rings. The van der Waals surface area contributed by atoms with Crippen molar-refractivity contribution in [2.75, 3.05) is 5.32 Å². The molecule has 1 aromatic heterocycles. The summed E-state index contributed by atoms with van der Waals surface area (Å²) in [7, 11) is 0. The van der Waals surface area contributed by atoms with Gasteiger partial charge in [-0.15, -0.1) is 0 Å². The molecule has 5 heteroatoms. The van der Waals surface area contributed by atoms with Crippen molar-refractivity contribution in [2.24, 2.45) is 0 Å². The molecule has 0 aliphatic rings. The number of aryl methyl sites for hydroxylation is 2.